The van der Waals surface area contributed by atoms with Gasteiger partial charge in [0.15, 0.2) is 5.01 Å². The maximum atomic E-state index is 13.0. The molecule has 144 valence electrons. The van der Waals surface area contributed by atoms with Crippen LogP contribution < -0.4 is 4.74 Å². The molecule has 0 radical (unpaired) electrons. The maximum absolute atomic E-state index is 13.0. The van der Waals surface area contributed by atoms with Gasteiger partial charge in [-0.3, -0.25) is 9.89 Å². The smallest absolute Gasteiger partial charge is 0.283 e. The molecule has 1 fully saturated rings. The second kappa shape index (κ2) is 7.03. The number of carbonyl (C=O) groups is 1. The molecule has 8 heteroatoms. The fourth-order valence-electron chi connectivity index (χ4n) is 3.65. The van der Waals surface area contributed by atoms with Crippen molar-refractivity contribution in [1.29, 1.82) is 0 Å². The van der Waals surface area contributed by atoms with Crippen molar-refractivity contribution < 1.29 is 14.3 Å². The van der Waals surface area contributed by atoms with E-state index < -0.39 is 0 Å². The average Bonchev–Trinajstić information content (AvgIpc) is 3.36. The zero-order chi connectivity index (χ0) is 19.1. The number of aromatic nitrogens is 3. The molecule has 2 aliphatic heterocycles. The van der Waals surface area contributed by atoms with E-state index in [-0.39, 0.29) is 11.9 Å². The van der Waals surface area contributed by atoms with Crippen LogP contribution in [0.2, 0.25) is 0 Å². The molecule has 1 N–H and O–H groups in total. The maximum Gasteiger partial charge on any atom is 0.283 e. The number of fused-ring (bicyclic) bond motifs is 3. The van der Waals surface area contributed by atoms with Gasteiger partial charge in [0.2, 0.25) is 0 Å². The Morgan fingerprint density at radius 1 is 1.32 bits per heavy atom. The Morgan fingerprint density at radius 3 is 3.07 bits per heavy atom. The van der Waals surface area contributed by atoms with E-state index in [2.05, 4.69) is 10.2 Å². The van der Waals surface area contributed by atoms with E-state index in [0.29, 0.717) is 31.4 Å². The number of rotatable bonds is 2. The van der Waals surface area contributed by atoms with Crippen LogP contribution in [-0.4, -0.2) is 58.4 Å². The molecule has 2 aliphatic rings. The number of nitrogens with zero attached hydrogens (tertiary/aromatic N) is 3. The van der Waals surface area contributed by atoms with Gasteiger partial charge in [-0.2, -0.15) is 5.10 Å². The number of hydrogen-bond donors (Lipinski definition) is 1. The topological polar surface area (TPSA) is 80.3 Å². The van der Waals surface area contributed by atoms with Crippen LogP contribution in [0.5, 0.6) is 5.75 Å². The first-order chi connectivity index (χ1) is 13.7. The summed E-state index contributed by atoms with van der Waals surface area (Å²) in [6, 6.07) is 6.14. The van der Waals surface area contributed by atoms with E-state index in [0.717, 1.165) is 39.4 Å². The Hall–Kier alpha value is -2.71. The molecule has 0 saturated carbocycles. The summed E-state index contributed by atoms with van der Waals surface area (Å²) in [5.74, 6) is 0.785. The van der Waals surface area contributed by atoms with Gasteiger partial charge in [0, 0.05) is 35.2 Å². The van der Waals surface area contributed by atoms with Crippen molar-refractivity contribution in [1.82, 2.24) is 20.1 Å². The predicted molar refractivity (Wildman–Crippen MR) is 106 cm³/mol. The van der Waals surface area contributed by atoms with Crippen molar-refractivity contribution in [3.8, 4) is 28.1 Å². The highest BCUT2D eigenvalue weighted by Gasteiger charge is 2.29. The van der Waals surface area contributed by atoms with E-state index in [1.807, 2.05) is 36.2 Å². The molecule has 4 heterocycles. The van der Waals surface area contributed by atoms with Gasteiger partial charge < -0.3 is 14.4 Å². The number of carbonyl (C=O) groups excluding carboxylic acids is 1. The van der Waals surface area contributed by atoms with Crippen LogP contribution in [0.4, 0.5) is 0 Å². The van der Waals surface area contributed by atoms with Crippen LogP contribution in [0.3, 0.4) is 0 Å². The molecule has 0 bridgehead atoms. The van der Waals surface area contributed by atoms with Gasteiger partial charge in [0.25, 0.3) is 5.91 Å². The largest absolute Gasteiger partial charge is 0.492 e. The summed E-state index contributed by atoms with van der Waals surface area (Å²) in [6.07, 6.45) is 4.38. The SMILES string of the molecule is C[C@@H]1COCCN1C(=O)c1nc2c(s1)CCOc1cc(-c3cn[nH]c3)ccc1-2. The molecule has 3 aromatic rings. The molecule has 1 aromatic carbocycles. The van der Waals surface area contributed by atoms with Gasteiger partial charge in [-0.25, -0.2) is 4.98 Å². The number of thiazole rings is 1. The number of benzene rings is 1. The molecule has 1 amide bonds. The highest BCUT2D eigenvalue weighted by Crippen LogP contribution is 2.40. The third-order valence-electron chi connectivity index (χ3n) is 5.16. The van der Waals surface area contributed by atoms with E-state index in [1.54, 1.807) is 6.20 Å². The summed E-state index contributed by atoms with van der Waals surface area (Å²) < 4.78 is 11.4. The van der Waals surface area contributed by atoms with E-state index >= 15 is 0 Å². The third-order valence-corrected chi connectivity index (χ3v) is 6.27. The second-order valence-electron chi connectivity index (χ2n) is 7.01. The van der Waals surface area contributed by atoms with E-state index in [9.17, 15) is 4.79 Å². The van der Waals surface area contributed by atoms with Gasteiger partial charge >= 0.3 is 0 Å². The van der Waals surface area contributed by atoms with E-state index in [4.69, 9.17) is 14.5 Å². The lowest BCUT2D eigenvalue weighted by Gasteiger charge is -2.32. The predicted octanol–water partition coefficient (Wildman–Crippen LogP) is 3.00. The fourth-order valence-corrected chi connectivity index (χ4v) is 4.67. The summed E-state index contributed by atoms with van der Waals surface area (Å²) in [5.41, 5.74) is 3.83. The highest BCUT2D eigenvalue weighted by molar-refractivity contribution is 7.14. The van der Waals surface area contributed by atoms with Crippen molar-refractivity contribution in [3.05, 3.63) is 40.5 Å². The Balaban J connectivity index is 1.51. The molecule has 5 rings (SSSR count). The van der Waals surface area contributed by atoms with Crippen LogP contribution >= 0.6 is 11.3 Å². The number of ether oxygens (including phenoxy) is 2. The average molecular weight is 396 g/mol. The number of H-pyrrole nitrogens is 1. The third kappa shape index (κ3) is 2.98. The van der Waals surface area contributed by atoms with Crippen molar-refractivity contribution in [2.45, 2.75) is 19.4 Å². The Labute approximate surface area is 166 Å². The standard InChI is InChI=1S/C20H20N4O3S/c1-12-11-26-7-5-24(12)20(25)19-23-18-15-3-2-13(14-9-21-22-10-14)8-16(15)27-6-4-17(18)28-19/h2-3,8-10,12H,4-7,11H2,1H3,(H,21,22)/t12-/m1/s1. The first kappa shape index (κ1) is 17.4. The van der Waals surface area contributed by atoms with Crippen LogP contribution in [0, 0.1) is 0 Å². The van der Waals surface area contributed by atoms with Gasteiger partial charge in [0.05, 0.1) is 37.8 Å². The van der Waals surface area contributed by atoms with E-state index in [1.165, 1.54) is 11.3 Å². The molecule has 0 spiro atoms. The molecular formula is C20H20N4O3S. The molecule has 0 unspecified atom stereocenters. The monoisotopic (exact) mass is 396 g/mol. The zero-order valence-electron chi connectivity index (χ0n) is 15.5. The van der Waals surface area contributed by atoms with Crippen molar-refractivity contribution >= 4 is 17.2 Å². The summed E-state index contributed by atoms with van der Waals surface area (Å²) in [4.78, 5) is 20.7. The zero-order valence-corrected chi connectivity index (χ0v) is 16.3. The molecule has 1 atom stereocenters. The Bertz CT molecular complexity index is 1010. The minimum Gasteiger partial charge on any atom is -0.492 e. The summed E-state index contributed by atoms with van der Waals surface area (Å²) >= 11 is 1.48. The lowest BCUT2D eigenvalue weighted by Crippen LogP contribution is -2.47. The van der Waals surface area contributed by atoms with Crippen molar-refractivity contribution in [2.75, 3.05) is 26.4 Å². The van der Waals surface area contributed by atoms with Gasteiger partial charge in [0.1, 0.15) is 5.75 Å². The first-order valence-corrected chi connectivity index (χ1v) is 10.2. The quantitative estimate of drug-likeness (QED) is 0.720. The minimum atomic E-state index is -0.00800. The Kier molecular flexibility index (Phi) is 4.37. The van der Waals surface area contributed by atoms with Crippen LogP contribution in [-0.2, 0) is 11.2 Å². The van der Waals surface area contributed by atoms with Crippen molar-refractivity contribution in [3.63, 3.8) is 0 Å². The molecule has 0 aliphatic carbocycles. The number of aromatic amines is 1. The lowest BCUT2D eigenvalue weighted by molar-refractivity contribution is 0.00358. The highest BCUT2D eigenvalue weighted by atomic mass is 32.1. The van der Waals surface area contributed by atoms with Crippen LogP contribution in [0.15, 0.2) is 30.6 Å². The second-order valence-corrected chi connectivity index (χ2v) is 8.09. The van der Waals surface area contributed by atoms with Crippen LogP contribution in [0.1, 0.15) is 21.6 Å². The normalized spacial score (nSPS) is 18.8. The van der Waals surface area contributed by atoms with Gasteiger partial charge in [-0.05, 0) is 24.6 Å². The fraction of sp³-hybridized carbons (Fsp3) is 0.350. The Morgan fingerprint density at radius 2 is 2.25 bits per heavy atom. The molecule has 28 heavy (non-hydrogen) atoms. The summed E-state index contributed by atoms with van der Waals surface area (Å²) in [5, 5.41) is 7.39. The minimum absolute atomic E-state index is 0.00800. The van der Waals surface area contributed by atoms with Crippen LogP contribution in [0.25, 0.3) is 22.4 Å². The van der Waals surface area contributed by atoms with Gasteiger partial charge in [-0.15, -0.1) is 11.3 Å². The van der Waals surface area contributed by atoms with Crippen molar-refractivity contribution in [2.24, 2.45) is 0 Å². The number of hydrogen-bond acceptors (Lipinski definition) is 6. The van der Waals surface area contributed by atoms with Gasteiger partial charge in [-0.1, -0.05) is 6.07 Å². The molecule has 1 saturated heterocycles. The lowest BCUT2D eigenvalue weighted by atomic mass is 10.0. The molecular weight excluding hydrogens is 376 g/mol. The summed E-state index contributed by atoms with van der Waals surface area (Å²) in [7, 11) is 0. The number of nitrogens with one attached hydrogen (secondary N) is 1. The number of morpholine rings is 1. The molecule has 7 nitrogen and oxygen atoms in total. The number of amides is 1. The first-order valence-electron chi connectivity index (χ1n) is 9.35. The summed E-state index contributed by atoms with van der Waals surface area (Å²) in [6.45, 7) is 4.34. The molecule has 2 aromatic heterocycles.